The van der Waals surface area contributed by atoms with Gasteiger partial charge >= 0.3 is 20.5 Å². The summed E-state index contributed by atoms with van der Waals surface area (Å²) in [5.41, 5.74) is 0. The molecular formula is C2H8O8P2. The molecule has 0 radical (unpaired) electrons. The summed E-state index contributed by atoms with van der Waals surface area (Å²) in [5, 5.41) is 13.0. The zero-order chi connectivity index (χ0) is 10.2. The molecule has 0 aliphatic heterocycles. The highest BCUT2D eigenvalue weighted by Gasteiger charge is 2.60. The first-order valence-electron chi connectivity index (χ1n) is 2.45. The van der Waals surface area contributed by atoms with E-state index < -0.39 is 20.5 Å². The number of aliphatic hydroxyl groups is 2. The van der Waals surface area contributed by atoms with Gasteiger partial charge in [0.15, 0.2) is 0 Å². The van der Waals surface area contributed by atoms with E-state index >= 15 is 0 Å². The van der Waals surface area contributed by atoms with Crippen molar-refractivity contribution in [3.8, 4) is 0 Å². The molecule has 0 aromatic carbocycles. The minimum atomic E-state index is -5.53. The lowest BCUT2D eigenvalue weighted by molar-refractivity contribution is -0.0534. The summed E-state index contributed by atoms with van der Waals surface area (Å²) in [6, 6.07) is 0. The molecule has 0 heterocycles. The van der Waals surface area contributed by atoms with E-state index in [9.17, 15) is 9.13 Å². The lowest BCUT2D eigenvalue weighted by atomic mass is 11.5. The number of hydrogen-bond acceptors (Lipinski definition) is 5. The highest BCUT2D eigenvalue weighted by molar-refractivity contribution is 7.72. The molecule has 1 unspecified atom stereocenters. The average molecular weight is 222 g/mol. The Morgan fingerprint density at radius 2 is 1.50 bits per heavy atom. The van der Waals surface area contributed by atoms with Gasteiger partial charge in [-0.1, -0.05) is 0 Å². The van der Waals surface area contributed by atoms with E-state index in [2.05, 4.69) is 4.52 Å². The standard InChI is InChI=1S/C2H8O8P2/c1-10-12(8,9)2(3,4)11(5,6)7/h3-4H,1H3,(H,8,9)(H2,5,6,7). The topological polar surface area (TPSA) is 145 Å². The molecule has 10 heteroatoms. The third kappa shape index (κ3) is 1.93. The van der Waals surface area contributed by atoms with Crippen LogP contribution in [0.15, 0.2) is 0 Å². The van der Waals surface area contributed by atoms with Crippen LogP contribution in [-0.2, 0) is 13.7 Å². The minimum Gasteiger partial charge on any atom is -0.347 e. The maximum Gasteiger partial charge on any atom is 0.399 e. The fraction of sp³-hybridized carbons (Fsp3) is 1.00. The number of hydrogen-bond donors (Lipinski definition) is 5. The molecule has 0 bridgehead atoms. The van der Waals surface area contributed by atoms with Crippen LogP contribution in [0.3, 0.4) is 0 Å². The van der Waals surface area contributed by atoms with Gasteiger partial charge < -0.3 is 29.4 Å². The van der Waals surface area contributed by atoms with Crippen molar-refractivity contribution in [1.29, 1.82) is 0 Å². The summed E-state index contributed by atoms with van der Waals surface area (Å²) in [5.74, 6) is 0. The molecular weight excluding hydrogens is 214 g/mol. The van der Waals surface area contributed by atoms with E-state index in [0.29, 0.717) is 7.11 Å². The van der Waals surface area contributed by atoms with Gasteiger partial charge in [-0.15, -0.1) is 0 Å². The van der Waals surface area contributed by atoms with E-state index in [1.54, 1.807) is 0 Å². The Morgan fingerprint density at radius 1 is 1.17 bits per heavy atom. The molecule has 0 rings (SSSR count). The average Bonchev–Trinajstić information content (AvgIpc) is 1.85. The summed E-state index contributed by atoms with van der Waals surface area (Å²) < 4.78 is 24.5. The van der Waals surface area contributed by atoms with Crippen molar-refractivity contribution in [3.63, 3.8) is 0 Å². The largest absolute Gasteiger partial charge is 0.399 e. The van der Waals surface area contributed by atoms with Crippen molar-refractivity contribution in [3.05, 3.63) is 0 Å². The molecule has 0 amide bonds. The Bertz CT molecular complexity index is 250. The summed E-state index contributed by atoms with van der Waals surface area (Å²) >= 11 is 0. The molecule has 8 nitrogen and oxygen atoms in total. The second-order valence-corrected chi connectivity index (χ2v) is 5.94. The van der Waals surface area contributed by atoms with E-state index in [1.165, 1.54) is 0 Å². The first-order valence-corrected chi connectivity index (χ1v) is 5.64. The van der Waals surface area contributed by atoms with Gasteiger partial charge in [-0.2, -0.15) is 0 Å². The quantitative estimate of drug-likeness (QED) is 0.289. The van der Waals surface area contributed by atoms with Crippen LogP contribution < -0.4 is 0 Å². The molecule has 0 saturated heterocycles. The molecule has 5 N–H and O–H groups in total. The van der Waals surface area contributed by atoms with Gasteiger partial charge in [-0.3, -0.25) is 9.13 Å². The third-order valence-corrected chi connectivity index (χ3v) is 4.59. The van der Waals surface area contributed by atoms with Crippen LogP contribution in [0.4, 0.5) is 0 Å². The normalized spacial score (nSPS) is 18.8. The Morgan fingerprint density at radius 3 is 1.58 bits per heavy atom. The second-order valence-electron chi connectivity index (χ2n) is 1.85. The maximum absolute atomic E-state index is 10.6. The zero-order valence-corrected chi connectivity index (χ0v) is 7.64. The highest BCUT2D eigenvalue weighted by atomic mass is 31.2. The van der Waals surface area contributed by atoms with Crippen LogP contribution in [0, 0.1) is 0 Å². The van der Waals surface area contributed by atoms with E-state index in [0.717, 1.165) is 0 Å². The number of rotatable bonds is 3. The SMILES string of the molecule is COP(=O)(O)C(O)(O)P(=O)(O)O. The molecule has 12 heavy (non-hydrogen) atoms. The van der Waals surface area contributed by atoms with Crippen LogP contribution in [0.5, 0.6) is 0 Å². The van der Waals surface area contributed by atoms with Crippen LogP contribution in [0.1, 0.15) is 0 Å². The molecule has 0 aromatic heterocycles. The predicted octanol–water partition coefficient (Wildman–Crippen LogP) is -1.41. The van der Waals surface area contributed by atoms with E-state index in [4.69, 9.17) is 24.9 Å². The third-order valence-electron chi connectivity index (χ3n) is 1.02. The van der Waals surface area contributed by atoms with Crippen LogP contribution in [-0.4, -0.2) is 37.3 Å². The van der Waals surface area contributed by atoms with Gasteiger partial charge in [0.2, 0.25) is 0 Å². The summed E-state index contributed by atoms with van der Waals surface area (Å²) in [7, 11) is -10.1. The second kappa shape index (κ2) is 3.17. The van der Waals surface area contributed by atoms with Gasteiger partial charge in [0.05, 0.1) is 0 Å². The van der Waals surface area contributed by atoms with Crippen LogP contribution in [0.2, 0.25) is 0 Å². The van der Waals surface area contributed by atoms with Crippen LogP contribution in [0.25, 0.3) is 0 Å². The van der Waals surface area contributed by atoms with Gasteiger partial charge in [-0.05, 0) is 0 Å². The zero-order valence-electron chi connectivity index (χ0n) is 5.86. The van der Waals surface area contributed by atoms with Crippen molar-refractivity contribution in [2.45, 2.75) is 5.27 Å². The molecule has 0 aliphatic carbocycles. The maximum atomic E-state index is 10.6. The molecule has 0 aromatic rings. The molecule has 74 valence electrons. The Labute approximate surface area is 67.1 Å². The molecule has 0 saturated carbocycles. The molecule has 0 fully saturated rings. The summed E-state index contributed by atoms with van der Waals surface area (Å²) in [4.78, 5) is 24.9. The van der Waals surface area contributed by atoms with Crippen LogP contribution >= 0.6 is 15.2 Å². The molecule has 0 spiro atoms. The van der Waals surface area contributed by atoms with Gasteiger partial charge in [-0.25, -0.2) is 0 Å². The van der Waals surface area contributed by atoms with Gasteiger partial charge in [0.1, 0.15) is 0 Å². The smallest absolute Gasteiger partial charge is 0.347 e. The molecule has 1 atom stereocenters. The van der Waals surface area contributed by atoms with E-state index in [1.807, 2.05) is 0 Å². The van der Waals surface area contributed by atoms with E-state index in [-0.39, 0.29) is 0 Å². The first-order chi connectivity index (χ1) is 5.06. The van der Waals surface area contributed by atoms with Gasteiger partial charge in [0, 0.05) is 7.11 Å². The van der Waals surface area contributed by atoms with Crippen molar-refractivity contribution in [2.24, 2.45) is 0 Å². The fourth-order valence-electron chi connectivity index (χ4n) is 0.287. The lowest BCUT2D eigenvalue weighted by Crippen LogP contribution is -2.28. The van der Waals surface area contributed by atoms with Crippen molar-refractivity contribution in [2.75, 3.05) is 7.11 Å². The summed E-state index contributed by atoms with van der Waals surface area (Å²) in [6.07, 6.45) is 0. The summed E-state index contributed by atoms with van der Waals surface area (Å²) in [6.45, 7) is 0. The van der Waals surface area contributed by atoms with Gasteiger partial charge in [0.25, 0.3) is 0 Å². The Balaban J connectivity index is 5.14. The first kappa shape index (κ1) is 12.2. The Hall–Kier alpha value is 0.220. The monoisotopic (exact) mass is 222 g/mol. The Kier molecular flexibility index (Phi) is 3.23. The predicted molar refractivity (Wildman–Crippen MR) is 36.0 cm³/mol. The van der Waals surface area contributed by atoms with Crippen molar-refractivity contribution < 1.29 is 38.5 Å². The highest BCUT2D eigenvalue weighted by Crippen LogP contribution is 2.67. The van der Waals surface area contributed by atoms with Crippen molar-refractivity contribution >= 4 is 15.2 Å². The molecule has 0 aliphatic rings. The minimum absolute atomic E-state index is 0.609. The fourth-order valence-corrected chi connectivity index (χ4v) is 2.09. The lowest BCUT2D eigenvalue weighted by Gasteiger charge is -2.24. The van der Waals surface area contributed by atoms with Crippen molar-refractivity contribution in [1.82, 2.24) is 0 Å².